The fourth-order valence-corrected chi connectivity index (χ4v) is 7.29. The molecule has 2 saturated carbocycles. The molecule has 4 rings (SSSR count). The number of rotatable bonds is 2. The molecule has 0 aromatic heterocycles. The number of aliphatic hydroxyl groups excluding tert-OH is 2. The van der Waals surface area contributed by atoms with Gasteiger partial charge in [0.1, 0.15) is 5.60 Å². The molecule has 2 bridgehead atoms. The van der Waals surface area contributed by atoms with Crippen LogP contribution >= 0.6 is 0 Å². The van der Waals surface area contributed by atoms with Crippen LogP contribution < -0.4 is 0 Å². The fraction of sp³-hybridized carbons (Fsp3) is 0.833. The number of carbonyl (C=O) groups excluding carboxylic acids is 2. The molecular weight excluding hydrogens is 643 g/mol. The Hall–Kier alpha value is 0.122. The van der Waals surface area contributed by atoms with Crippen LogP contribution in [0, 0.1) is 66.7 Å². The molecule has 0 spiro atoms. The molecule has 0 amide bonds. The molecule has 3 fully saturated rings. The van der Waals surface area contributed by atoms with Crippen LogP contribution in [0.1, 0.15) is 60.8 Å². The molecule has 9 heteroatoms. The van der Waals surface area contributed by atoms with Crippen molar-refractivity contribution >= 4 is 11.8 Å². The Balaban J connectivity index is 0.00000306. The number of ketones is 1. The summed E-state index contributed by atoms with van der Waals surface area (Å²) in [5, 5.41) is 46.0. The minimum absolute atomic E-state index is 0. The van der Waals surface area contributed by atoms with Crippen LogP contribution in [0.5, 0.6) is 0 Å². The van der Waals surface area contributed by atoms with E-state index >= 15 is 0 Å². The maximum absolute atomic E-state index is 14.2. The third-order valence-electron chi connectivity index (χ3n) is 9.39. The molecule has 1 heterocycles. The second-order valence-corrected chi connectivity index (χ2v) is 11.0. The molecule has 183 valence electrons. The zero-order valence-electron chi connectivity index (χ0n) is 20.3. The molecule has 1 saturated heterocycles. The van der Waals surface area contributed by atoms with E-state index in [1.54, 1.807) is 41.5 Å². The number of carbonyl (C=O) groups is 2. The van der Waals surface area contributed by atoms with Crippen LogP contribution in [-0.4, -0.2) is 74.4 Å². The van der Waals surface area contributed by atoms with Crippen molar-refractivity contribution in [3.63, 3.8) is 0 Å². The fourth-order valence-electron chi connectivity index (χ4n) is 7.29. The standard InChI is InChI=1S/C24H36O8.Ac/c1-7-16(27)32-18-17-11(2)13(25)9-24(30,21(17,4)5)12(3)19-22(6,20(18)28)14(26)8-15-23(19,29)10-31-15;/h12-15,18-19,25-26,29-30H,7-10H2,1-6H3;/t12?,13?,14?,15?,18?,19?,22-,23?,24?;/m1./s1. The third kappa shape index (κ3) is 3.43. The van der Waals surface area contributed by atoms with Crippen molar-refractivity contribution in [2.45, 2.75) is 96.4 Å². The minimum Gasteiger partial charge on any atom is -0.450 e. The van der Waals surface area contributed by atoms with Crippen molar-refractivity contribution in [2.24, 2.45) is 22.7 Å². The second-order valence-electron chi connectivity index (χ2n) is 11.0. The van der Waals surface area contributed by atoms with Gasteiger partial charge < -0.3 is 29.9 Å². The van der Waals surface area contributed by atoms with Gasteiger partial charge in [0.15, 0.2) is 11.9 Å². The predicted octanol–water partition coefficient (Wildman–Crippen LogP) is 0.882. The van der Waals surface area contributed by atoms with E-state index in [-0.39, 0.29) is 69.9 Å². The van der Waals surface area contributed by atoms with E-state index in [0.29, 0.717) is 11.1 Å². The average Bonchev–Trinajstić information content (AvgIpc) is 2.71. The SMILES string of the molecule is CCC(=O)OC1C(=O)[C@]2(C)C(O)CC3OCC3(O)C2C(C)C2(O)CC(O)C(C)=C1C2(C)C.[Ac]. The first-order chi connectivity index (χ1) is 14.7. The van der Waals surface area contributed by atoms with E-state index in [1.807, 2.05) is 0 Å². The normalized spacial score (nSPS) is 48.4. The summed E-state index contributed by atoms with van der Waals surface area (Å²) in [6.45, 7) is 10.2. The van der Waals surface area contributed by atoms with Gasteiger partial charge >= 0.3 is 5.97 Å². The summed E-state index contributed by atoms with van der Waals surface area (Å²) in [5.41, 5.74) is -4.64. The van der Waals surface area contributed by atoms with Gasteiger partial charge in [-0.15, -0.1) is 0 Å². The van der Waals surface area contributed by atoms with Crippen molar-refractivity contribution in [3.05, 3.63) is 11.1 Å². The van der Waals surface area contributed by atoms with Crippen molar-refractivity contribution in [3.8, 4) is 0 Å². The number of ether oxygens (including phenoxy) is 2. The number of fused-ring (bicyclic) bond motifs is 5. The van der Waals surface area contributed by atoms with E-state index in [9.17, 15) is 30.0 Å². The van der Waals surface area contributed by atoms with Crippen LogP contribution in [0.3, 0.4) is 0 Å². The molecule has 4 N–H and O–H groups in total. The van der Waals surface area contributed by atoms with Gasteiger partial charge in [0.2, 0.25) is 0 Å². The largest absolute Gasteiger partial charge is 0.450 e. The zero-order chi connectivity index (χ0) is 24.0. The van der Waals surface area contributed by atoms with Crippen LogP contribution in [0.25, 0.3) is 0 Å². The Morgan fingerprint density at radius 3 is 2.33 bits per heavy atom. The van der Waals surface area contributed by atoms with Gasteiger partial charge in [0.05, 0.1) is 35.9 Å². The van der Waals surface area contributed by atoms with E-state index in [1.165, 1.54) is 0 Å². The van der Waals surface area contributed by atoms with E-state index in [2.05, 4.69) is 0 Å². The van der Waals surface area contributed by atoms with Gasteiger partial charge in [-0.25, -0.2) is 0 Å². The molecular formula is C24H36AcO8. The monoisotopic (exact) mass is 679 g/mol. The van der Waals surface area contributed by atoms with Crippen LogP contribution in [0.4, 0.5) is 0 Å². The zero-order valence-corrected chi connectivity index (χ0v) is 25.0. The average molecular weight is 680 g/mol. The maximum atomic E-state index is 14.2. The number of hydrogen-bond donors (Lipinski definition) is 4. The summed E-state index contributed by atoms with van der Waals surface area (Å²) in [5.74, 6) is -2.66. The quantitative estimate of drug-likeness (QED) is 0.250. The third-order valence-corrected chi connectivity index (χ3v) is 9.39. The molecule has 0 aromatic carbocycles. The molecule has 33 heavy (non-hydrogen) atoms. The first-order valence-electron chi connectivity index (χ1n) is 11.5. The Morgan fingerprint density at radius 1 is 1.21 bits per heavy atom. The molecule has 4 aliphatic rings. The summed E-state index contributed by atoms with van der Waals surface area (Å²) in [4.78, 5) is 26.6. The molecule has 1 radical (unpaired) electrons. The predicted molar refractivity (Wildman–Crippen MR) is 113 cm³/mol. The molecule has 1 aliphatic heterocycles. The molecule has 8 nitrogen and oxygen atoms in total. The van der Waals surface area contributed by atoms with Crippen molar-refractivity contribution in [1.82, 2.24) is 0 Å². The second kappa shape index (κ2) is 8.61. The van der Waals surface area contributed by atoms with E-state index < -0.39 is 70.0 Å². The van der Waals surface area contributed by atoms with Gasteiger partial charge in [-0.1, -0.05) is 27.7 Å². The van der Waals surface area contributed by atoms with Gasteiger partial charge in [-0.2, -0.15) is 0 Å². The Labute approximate surface area is 230 Å². The smallest absolute Gasteiger partial charge is 0.306 e. The van der Waals surface area contributed by atoms with Crippen LogP contribution in [-0.2, 0) is 19.1 Å². The van der Waals surface area contributed by atoms with E-state index in [0.717, 1.165) is 0 Å². The topological polar surface area (TPSA) is 134 Å². The Bertz CT molecular complexity index is 886. The number of esters is 1. The summed E-state index contributed by atoms with van der Waals surface area (Å²) >= 11 is 0. The van der Waals surface area contributed by atoms with Crippen molar-refractivity contribution < 1.29 is 83.6 Å². The van der Waals surface area contributed by atoms with Crippen molar-refractivity contribution in [2.75, 3.05) is 6.61 Å². The molecule has 3 aliphatic carbocycles. The Kier molecular flexibility index (Phi) is 7.23. The molecule has 0 aromatic rings. The number of aliphatic hydroxyl groups is 4. The first kappa shape index (κ1) is 27.7. The summed E-state index contributed by atoms with van der Waals surface area (Å²) in [6.07, 6.45) is -4.12. The van der Waals surface area contributed by atoms with Gasteiger partial charge in [0.25, 0.3) is 0 Å². The minimum atomic E-state index is -1.54. The van der Waals surface area contributed by atoms with Gasteiger partial charge in [-0.05, 0) is 30.9 Å². The Morgan fingerprint density at radius 2 is 1.82 bits per heavy atom. The molecule has 9 atom stereocenters. The summed E-state index contributed by atoms with van der Waals surface area (Å²) < 4.78 is 11.2. The summed E-state index contributed by atoms with van der Waals surface area (Å²) in [6, 6.07) is 0. The maximum Gasteiger partial charge on any atom is 0.306 e. The van der Waals surface area contributed by atoms with Crippen LogP contribution in [0.15, 0.2) is 11.1 Å². The first-order valence-corrected chi connectivity index (χ1v) is 11.5. The number of hydrogen-bond acceptors (Lipinski definition) is 8. The van der Waals surface area contributed by atoms with E-state index in [4.69, 9.17) is 9.47 Å². The molecule has 8 unspecified atom stereocenters. The van der Waals surface area contributed by atoms with Crippen LogP contribution in [0.2, 0.25) is 0 Å². The summed E-state index contributed by atoms with van der Waals surface area (Å²) in [7, 11) is 0. The van der Waals surface area contributed by atoms with Gasteiger partial charge in [-0.3, -0.25) is 9.59 Å². The number of Topliss-reactive ketones (excluding diaryl/α,β-unsaturated/α-hetero) is 1. The van der Waals surface area contributed by atoms with Crippen molar-refractivity contribution in [1.29, 1.82) is 0 Å². The van der Waals surface area contributed by atoms with Gasteiger partial charge in [0, 0.05) is 74.7 Å².